The van der Waals surface area contributed by atoms with E-state index in [0.29, 0.717) is 0 Å². The van der Waals surface area contributed by atoms with Crippen molar-refractivity contribution in [1.29, 1.82) is 0 Å². The van der Waals surface area contributed by atoms with Crippen LogP contribution in [0.1, 0.15) is 0 Å². The van der Waals surface area contributed by atoms with Gasteiger partial charge in [0.25, 0.3) is 6.71 Å². The van der Waals surface area contributed by atoms with Crippen molar-refractivity contribution in [3.05, 3.63) is 188 Å². The molecule has 0 fully saturated rings. The molecule has 0 amide bonds. The van der Waals surface area contributed by atoms with Gasteiger partial charge in [0.1, 0.15) is 23.0 Å². The molecule has 4 nitrogen and oxygen atoms in total. The van der Waals surface area contributed by atoms with E-state index in [1.165, 1.54) is 27.0 Å². The molecule has 3 heterocycles. The summed E-state index contributed by atoms with van der Waals surface area (Å²) < 4.78 is 16.2. The molecule has 2 aliphatic heterocycles. The predicted octanol–water partition coefficient (Wildman–Crippen LogP) is 11.3. The second kappa shape index (κ2) is 11.6. The summed E-state index contributed by atoms with van der Waals surface area (Å²) in [6, 6.07) is 67.0. The Balaban J connectivity index is 1.16. The molecule has 0 radical (unpaired) electrons. The minimum absolute atomic E-state index is 0.0953. The van der Waals surface area contributed by atoms with Crippen LogP contribution in [0.15, 0.2) is 188 Å². The lowest BCUT2D eigenvalue weighted by atomic mass is 9.34. The number of fused-ring (bicyclic) bond motifs is 12. The van der Waals surface area contributed by atoms with E-state index in [4.69, 9.17) is 9.47 Å². The molecular weight excluding hydrogens is 671 g/mol. The van der Waals surface area contributed by atoms with Gasteiger partial charge in [-0.3, -0.25) is 0 Å². The van der Waals surface area contributed by atoms with Crippen molar-refractivity contribution in [2.45, 2.75) is 0 Å². The number of nitrogens with zero attached hydrogens (tertiary/aromatic N) is 2. The fraction of sp³-hybridized carbons (Fsp3) is 0. The first-order chi connectivity index (χ1) is 27.3. The molecule has 0 bridgehead atoms. The monoisotopic (exact) mass is 702 g/mol. The number of hydrogen-bond donors (Lipinski definition) is 0. The number of ether oxygens (including phenoxy) is 2. The molecular formula is C50H31BN2O2. The van der Waals surface area contributed by atoms with Gasteiger partial charge in [-0.2, -0.15) is 0 Å². The number of anilines is 3. The lowest BCUT2D eigenvalue weighted by molar-refractivity contribution is 0.467. The van der Waals surface area contributed by atoms with Crippen LogP contribution in [-0.4, -0.2) is 11.3 Å². The van der Waals surface area contributed by atoms with Gasteiger partial charge in [-0.1, -0.05) is 115 Å². The standard InChI is InChI=1S/C50H31BN2O2/c1-4-15-32(16-5-1)52(33-17-6-2-7-18-33)35-27-28-38-41-30-47-42(31-44(41)53(43(38)29-35)34-19-8-3-9-20-34)51-48-39-23-12-10-21-36(39)37-22-11-13-24-40(37)50(48)55-46-26-14-25-45(54-47)49(46)51/h1-31H. The highest BCUT2D eigenvalue weighted by atomic mass is 16.5. The Morgan fingerprint density at radius 3 is 1.67 bits per heavy atom. The molecule has 1 aromatic heterocycles. The molecule has 0 aliphatic carbocycles. The summed E-state index contributed by atoms with van der Waals surface area (Å²) in [6.45, 7) is -0.0953. The Kier molecular flexibility index (Phi) is 6.40. The van der Waals surface area contributed by atoms with Crippen molar-refractivity contribution in [3.63, 3.8) is 0 Å². The minimum atomic E-state index is -0.0953. The van der Waals surface area contributed by atoms with Crippen molar-refractivity contribution in [2.75, 3.05) is 4.90 Å². The molecule has 0 N–H and O–H groups in total. The van der Waals surface area contributed by atoms with Crippen LogP contribution in [0.4, 0.5) is 17.1 Å². The molecule has 5 heteroatoms. The van der Waals surface area contributed by atoms with Gasteiger partial charge in [0.05, 0.1) is 11.0 Å². The molecule has 9 aromatic carbocycles. The molecule has 0 saturated carbocycles. The van der Waals surface area contributed by atoms with E-state index in [1.807, 2.05) is 6.07 Å². The van der Waals surface area contributed by atoms with Crippen LogP contribution in [0, 0.1) is 0 Å². The first-order valence-corrected chi connectivity index (χ1v) is 18.8. The van der Waals surface area contributed by atoms with Crippen LogP contribution >= 0.6 is 0 Å². The second-order valence-corrected chi connectivity index (χ2v) is 14.4. The molecule has 10 aromatic rings. The average molecular weight is 703 g/mol. The largest absolute Gasteiger partial charge is 0.458 e. The summed E-state index contributed by atoms with van der Waals surface area (Å²) in [5, 5.41) is 7.05. The Bertz CT molecular complexity index is 3120. The molecule has 0 unspecified atom stereocenters. The number of benzene rings is 9. The van der Waals surface area contributed by atoms with Gasteiger partial charge in [0.2, 0.25) is 0 Å². The molecule has 12 rings (SSSR count). The van der Waals surface area contributed by atoms with Crippen LogP contribution < -0.4 is 30.8 Å². The third-order valence-electron chi connectivity index (χ3n) is 11.5. The summed E-state index contributed by atoms with van der Waals surface area (Å²) in [4.78, 5) is 2.33. The Morgan fingerprint density at radius 2 is 0.964 bits per heavy atom. The zero-order valence-corrected chi connectivity index (χ0v) is 29.7. The van der Waals surface area contributed by atoms with Crippen LogP contribution in [0.25, 0.3) is 49.0 Å². The summed E-state index contributed by atoms with van der Waals surface area (Å²) in [5.41, 5.74) is 10.0. The predicted molar refractivity (Wildman–Crippen MR) is 228 cm³/mol. The summed E-state index contributed by atoms with van der Waals surface area (Å²) in [7, 11) is 0. The highest BCUT2D eigenvalue weighted by Crippen LogP contribution is 2.44. The van der Waals surface area contributed by atoms with Crippen molar-refractivity contribution in [1.82, 2.24) is 4.57 Å². The second-order valence-electron chi connectivity index (χ2n) is 14.4. The lowest BCUT2D eigenvalue weighted by Gasteiger charge is -2.34. The molecule has 2 aliphatic rings. The lowest BCUT2D eigenvalue weighted by Crippen LogP contribution is -2.57. The Labute approximate surface area is 318 Å². The van der Waals surface area contributed by atoms with Crippen LogP contribution in [0.3, 0.4) is 0 Å². The van der Waals surface area contributed by atoms with Gasteiger partial charge >= 0.3 is 0 Å². The quantitative estimate of drug-likeness (QED) is 0.135. The number of aromatic nitrogens is 1. The Morgan fingerprint density at radius 1 is 0.382 bits per heavy atom. The molecule has 256 valence electrons. The first-order valence-electron chi connectivity index (χ1n) is 18.8. The van der Waals surface area contributed by atoms with E-state index in [2.05, 4.69) is 191 Å². The molecule has 0 spiro atoms. The van der Waals surface area contributed by atoms with E-state index < -0.39 is 0 Å². The van der Waals surface area contributed by atoms with E-state index in [0.717, 1.165) is 78.5 Å². The smallest absolute Gasteiger partial charge is 0.261 e. The van der Waals surface area contributed by atoms with Gasteiger partial charge in [-0.05, 0) is 99.9 Å². The van der Waals surface area contributed by atoms with Gasteiger partial charge < -0.3 is 18.9 Å². The summed E-state index contributed by atoms with van der Waals surface area (Å²) in [6.07, 6.45) is 0. The topological polar surface area (TPSA) is 26.6 Å². The molecule has 55 heavy (non-hydrogen) atoms. The van der Waals surface area contributed by atoms with Crippen LogP contribution in [-0.2, 0) is 0 Å². The van der Waals surface area contributed by atoms with Gasteiger partial charge in [-0.15, -0.1) is 0 Å². The van der Waals surface area contributed by atoms with Gasteiger partial charge in [0.15, 0.2) is 0 Å². The summed E-state index contributed by atoms with van der Waals surface area (Å²) >= 11 is 0. The normalized spacial score (nSPS) is 12.6. The van der Waals surface area contributed by atoms with Crippen molar-refractivity contribution in [3.8, 4) is 28.7 Å². The highest BCUT2D eigenvalue weighted by molar-refractivity contribution is 7.00. The fourth-order valence-corrected chi connectivity index (χ4v) is 9.16. The van der Waals surface area contributed by atoms with Crippen LogP contribution in [0.2, 0.25) is 0 Å². The van der Waals surface area contributed by atoms with Crippen molar-refractivity contribution >= 4 is 83.5 Å². The van der Waals surface area contributed by atoms with Crippen LogP contribution in [0.5, 0.6) is 23.0 Å². The van der Waals surface area contributed by atoms with E-state index in [-0.39, 0.29) is 6.71 Å². The SMILES string of the molecule is c1ccc(N(c2ccccc2)c2ccc3c4cc5c(cc4n(-c4ccccc4)c3c2)B2c3c(cccc3Oc3c2c2ccccc2c2ccccc32)O5)cc1. The van der Waals surface area contributed by atoms with Gasteiger partial charge in [-0.25, -0.2) is 0 Å². The van der Waals surface area contributed by atoms with Crippen molar-refractivity contribution in [2.24, 2.45) is 0 Å². The first kappa shape index (κ1) is 30.2. The van der Waals surface area contributed by atoms with Crippen molar-refractivity contribution < 1.29 is 9.47 Å². The van der Waals surface area contributed by atoms with E-state index in [1.54, 1.807) is 0 Å². The fourth-order valence-electron chi connectivity index (χ4n) is 9.16. The third kappa shape index (κ3) is 4.41. The average Bonchev–Trinajstić information content (AvgIpc) is 3.56. The van der Waals surface area contributed by atoms with Gasteiger partial charge in [0, 0.05) is 44.4 Å². The number of rotatable bonds is 4. The molecule has 0 saturated heterocycles. The van der Waals surface area contributed by atoms with E-state index in [9.17, 15) is 0 Å². The summed E-state index contributed by atoms with van der Waals surface area (Å²) in [5.74, 6) is 3.48. The third-order valence-corrected chi connectivity index (χ3v) is 11.5. The van der Waals surface area contributed by atoms with E-state index >= 15 is 0 Å². The maximum absolute atomic E-state index is 6.91. The number of hydrogen-bond acceptors (Lipinski definition) is 3. The maximum atomic E-state index is 6.91. The minimum Gasteiger partial charge on any atom is -0.458 e. The highest BCUT2D eigenvalue weighted by Gasteiger charge is 2.42. The zero-order chi connectivity index (χ0) is 36.0. The Hall–Kier alpha value is -7.24. The molecule has 0 atom stereocenters. The number of para-hydroxylation sites is 3. The zero-order valence-electron chi connectivity index (χ0n) is 29.7. The maximum Gasteiger partial charge on any atom is 0.261 e.